The fourth-order valence-corrected chi connectivity index (χ4v) is 7.00. The Hall–Kier alpha value is -5.05. The first-order valence-electron chi connectivity index (χ1n) is 15.4. The number of nitrogen functional groups attached to an aromatic ring is 1. The van der Waals surface area contributed by atoms with E-state index >= 15 is 0 Å². The highest BCUT2D eigenvalue weighted by molar-refractivity contribution is 5.91. The topological polar surface area (TPSA) is 128 Å². The molecule has 0 bridgehead atoms. The number of aromatic nitrogens is 3. The third kappa shape index (κ3) is 5.12. The van der Waals surface area contributed by atoms with E-state index in [1.54, 1.807) is 14.2 Å². The van der Waals surface area contributed by atoms with Gasteiger partial charge in [0.2, 0.25) is 0 Å². The largest absolute Gasteiger partial charge is 0.493 e. The summed E-state index contributed by atoms with van der Waals surface area (Å²) in [6, 6.07) is 26.7. The third-order valence-corrected chi connectivity index (χ3v) is 9.65. The zero-order chi connectivity index (χ0) is 31.6. The highest BCUT2D eigenvalue weighted by atomic mass is 16.5. The summed E-state index contributed by atoms with van der Waals surface area (Å²) in [4.78, 5) is 20.8. The Morgan fingerprint density at radius 1 is 0.956 bits per heavy atom. The Morgan fingerprint density at radius 2 is 1.64 bits per heavy atom. The first-order valence-corrected chi connectivity index (χ1v) is 15.4. The van der Waals surface area contributed by atoms with Crippen molar-refractivity contribution in [3.8, 4) is 11.5 Å². The zero-order valence-electron chi connectivity index (χ0n) is 26.4. The molecule has 5 aromatic rings. The first-order chi connectivity index (χ1) is 21.8. The van der Waals surface area contributed by atoms with Crippen LogP contribution in [0.15, 0.2) is 90.1 Å². The number of hydrogen-bond acceptors (Lipinski definition) is 6. The molecule has 0 aliphatic carbocycles. The molecule has 0 saturated carbocycles. The number of nitrogens with zero attached hydrogens (tertiary/aromatic N) is 4. The maximum Gasteiger partial charge on any atom is 0.196 e. The summed E-state index contributed by atoms with van der Waals surface area (Å²) in [6.45, 7) is 5.79. The summed E-state index contributed by atoms with van der Waals surface area (Å²) in [6.07, 6.45) is 4.42. The number of ether oxygens (including phenoxy) is 2. The summed E-state index contributed by atoms with van der Waals surface area (Å²) in [5.41, 5.74) is 17.3. The minimum atomic E-state index is -0.694. The molecule has 1 aliphatic heterocycles. The molecule has 1 atom stereocenters. The molecule has 9 heteroatoms. The van der Waals surface area contributed by atoms with Crippen LogP contribution in [0.1, 0.15) is 49.3 Å². The van der Waals surface area contributed by atoms with E-state index in [2.05, 4.69) is 66.2 Å². The number of nitrogens with two attached hydrogens (primary N) is 2. The SMILES string of the molecule is CCc1ccccc1N=C(N)N1CCC(c2ccccc2)(C(C)(c2nc(N)c3cc(OC)c(OC)cc3n2)c2ccc[nH]2)CC1. The molecule has 3 heterocycles. The lowest BCUT2D eigenvalue weighted by Crippen LogP contribution is -2.57. The van der Waals surface area contributed by atoms with Crippen LogP contribution in [-0.2, 0) is 17.3 Å². The standard InChI is InChI=1S/C36H41N7O2/c1-5-24-12-9-10-15-27(24)41-34(38)43-20-17-36(18-21-43,25-13-7-6-8-14-25)35(2,31-16-11-19-39-31)33-40-28-23-30(45-4)29(44-3)22-26(28)32(37)42-33/h6-16,19,22-23,39H,5,17-18,20-21H2,1-4H3,(H2,38,41)(H2,37,40,42). The van der Waals surface area contributed by atoms with Crippen LogP contribution in [0.2, 0.25) is 0 Å². The van der Waals surface area contributed by atoms with Gasteiger partial charge in [0.15, 0.2) is 17.5 Å². The number of likely N-dealkylation sites (tertiary alicyclic amines) is 1. The van der Waals surface area contributed by atoms with E-state index in [0.717, 1.165) is 30.6 Å². The molecular weight excluding hydrogens is 562 g/mol. The number of para-hydroxylation sites is 1. The van der Waals surface area contributed by atoms with Gasteiger partial charge in [-0.05, 0) is 61.6 Å². The normalized spacial score (nSPS) is 16.4. The number of methoxy groups -OCH3 is 2. The van der Waals surface area contributed by atoms with Crippen LogP contribution >= 0.6 is 0 Å². The van der Waals surface area contributed by atoms with E-state index < -0.39 is 10.8 Å². The van der Waals surface area contributed by atoms with Crippen LogP contribution < -0.4 is 20.9 Å². The maximum atomic E-state index is 6.69. The number of nitrogens with one attached hydrogen (secondary N) is 1. The first kappa shape index (κ1) is 30.0. The molecule has 0 amide bonds. The molecule has 0 spiro atoms. The average Bonchev–Trinajstić information content (AvgIpc) is 3.64. The van der Waals surface area contributed by atoms with Crippen molar-refractivity contribution in [2.45, 2.75) is 43.9 Å². The van der Waals surface area contributed by atoms with E-state index in [-0.39, 0.29) is 0 Å². The second kappa shape index (κ2) is 12.1. The second-order valence-corrected chi connectivity index (χ2v) is 11.8. The van der Waals surface area contributed by atoms with Gasteiger partial charge in [0.05, 0.1) is 30.8 Å². The lowest BCUT2D eigenvalue weighted by atomic mass is 9.54. The Labute approximate surface area is 264 Å². The Bertz CT molecular complexity index is 1810. The number of H-pyrrole nitrogens is 1. The number of fused-ring (bicyclic) bond motifs is 1. The number of guanidine groups is 1. The molecule has 1 unspecified atom stereocenters. The van der Waals surface area contributed by atoms with Gasteiger partial charge in [-0.1, -0.05) is 55.5 Å². The molecular formula is C36H41N7O2. The fourth-order valence-electron chi connectivity index (χ4n) is 7.00. The van der Waals surface area contributed by atoms with Crippen molar-refractivity contribution < 1.29 is 9.47 Å². The van der Waals surface area contributed by atoms with Crippen LogP contribution in [0, 0.1) is 0 Å². The number of hydrogen-bond donors (Lipinski definition) is 3. The van der Waals surface area contributed by atoms with Gasteiger partial charge in [-0.3, -0.25) is 0 Å². The second-order valence-electron chi connectivity index (χ2n) is 11.8. The molecule has 1 saturated heterocycles. The van der Waals surface area contributed by atoms with Crippen LogP contribution in [0.4, 0.5) is 11.5 Å². The van der Waals surface area contributed by atoms with Gasteiger partial charge in [0.1, 0.15) is 11.6 Å². The number of benzene rings is 3. The van der Waals surface area contributed by atoms with Gasteiger partial charge in [-0.15, -0.1) is 0 Å². The Kier molecular flexibility index (Phi) is 8.10. The van der Waals surface area contributed by atoms with E-state index in [1.807, 2.05) is 42.6 Å². The third-order valence-electron chi connectivity index (χ3n) is 9.65. The highest BCUT2D eigenvalue weighted by Gasteiger charge is 2.55. The summed E-state index contributed by atoms with van der Waals surface area (Å²) >= 11 is 0. The Balaban J connectivity index is 1.49. The molecule has 3 aromatic carbocycles. The van der Waals surface area contributed by atoms with Crippen LogP contribution in [-0.4, -0.2) is 53.1 Å². The minimum Gasteiger partial charge on any atom is -0.493 e. The number of anilines is 1. The lowest BCUT2D eigenvalue weighted by molar-refractivity contribution is 0.148. The van der Waals surface area contributed by atoms with E-state index in [9.17, 15) is 0 Å². The predicted molar refractivity (Wildman–Crippen MR) is 180 cm³/mol. The van der Waals surface area contributed by atoms with Crippen molar-refractivity contribution in [3.63, 3.8) is 0 Å². The van der Waals surface area contributed by atoms with Crippen molar-refractivity contribution in [1.29, 1.82) is 0 Å². The van der Waals surface area contributed by atoms with E-state index in [1.165, 1.54) is 11.1 Å². The molecule has 1 aliphatic rings. The van der Waals surface area contributed by atoms with Crippen LogP contribution in [0.3, 0.4) is 0 Å². The number of aliphatic imine (C=N–C) groups is 1. The van der Waals surface area contributed by atoms with Crippen molar-refractivity contribution in [2.75, 3.05) is 33.0 Å². The lowest BCUT2D eigenvalue weighted by Gasteiger charge is -2.52. The summed E-state index contributed by atoms with van der Waals surface area (Å²) < 4.78 is 11.2. The zero-order valence-corrected chi connectivity index (χ0v) is 26.4. The van der Waals surface area contributed by atoms with Crippen molar-refractivity contribution in [2.24, 2.45) is 10.7 Å². The molecule has 2 aromatic heterocycles. The number of rotatable bonds is 8. The molecule has 5 N–H and O–H groups in total. The Morgan fingerprint density at radius 3 is 2.31 bits per heavy atom. The summed E-state index contributed by atoms with van der Waals surface area (Å²) in [5.74, 6) is 2.72. The molecule has 0 radical (unpaired) electrons. The van der Waals surface area contributed by atoms with Gasteiger partial charge in [-0.25, -0.2) is 15.0 Å². The van der Waals surface area contributed by atoms with Gasteiger partial charge in [0, 0.05) is 41.8 Å². The van der Waals surface area contributed by atoms with Crippen LogP contribution in [0.5, 0.6) is 11.5 Å². The molecule has 1 fully saturated rings. The van der Waals surface area contributed by atoms with E-state index in [4.69, 9.17) is 35.9 Å². The number of piperidine rings is 1. The number of aromatic amines is 1. The van der Waals surface area contributed by atoms with Gasteiger partial charge in [0.25, 0.3) is 0 Å². The average molecular weight is 604 g/mol. The molecule has 9 nitrogen and oxygen atoms in total. The molecule has 6 rings (SSSR count). The maximum absolute atomic E-state index is 6.69. The van der Waals surface area contributed by atoms with Gasteiger partial charge < -0.3 is 30.8 Å². The van der Waals surface area contributed by atoms with Crippen LogP contribution in [0.25, 0.3) is 10.9 Å². The quantitative estimate of drug-likeness (QED) is 0.144. The van der Waals surface area contributed by atoms with Crippen molar-refractivity contribution in [3.05, 3.63) is 108 Å². The minimum absolute atomic E-state index is 0.389. The van der Waals surface area contributed by atoms with Gasteiger partial charge >= 0.3 is 0 Å². The summed E-state index contributed by atoms with van der Waals surface area (Å²) in [7, 11) is 3.22. The van der Waals surface area contributed by atoms with Crippen molar-refractivity contribution in [1.82, 2.24) is 19.9 Å². The van der Waals surface area contributed by atoms with E-state index in [0.29, 0.717) is 53.1 Å². The van der Waals surface area contributed by atoms with Gasteiger partial charge in [-0.2, -0.15) is 0 Å². The highest BCUT2D eigenvalue weighted by Crippen LogP contribution is 2.53. The smallest absolute Gasteiger partial charge is 0.196 e. The number of aryl methyl sites for hydroxylation is 1. The fraction of sp³-hybridized carbons (Fsp3) is 0.306. The molecule has 232 valence electrons. The predicted octanol–water partition coefficient (Wildman–Crippen LogP) is 6.11. The van der Waals surface area contributed by atoms with Crippen molar-refractivity contribution >= 4 is 28.4 Å². The summed E-state index contributed by atoms with van der Waals surface area (Å²) in [5, 5.41) is 0.713. The molecule has 45 heavy (non-hydrogen) atoms. The monoisotopic (exact) mass is 603 g/mol.